The van der Waals surface area contributed by atoms with Crippen molar-refractivity contribution in [3.05, 3.63) is 52.6 Å². The number of carbonyl (C=O) groups is 2. The summed E-state index contributed by atoms with van der Waals surface area (Å²) in [6.07, 6.45) is 5.87. The van der Waals surface area contributed by atoms with Gasteiger partial charge >= 0.3 is 11.9 Å². The Morgan fingerprint density at radius 2 is 1.81 bits per heavy atom. The molecule has 0 aliphatic carbocycles. The summed E-state index contributed by atoms with van der Waals surface area (Å²) in [5.74, 6) is 0.111. The third kappa shape index (κ3) is 8.01. The summed E-state index contributed by atoms with van der Waals surface area (Å²) in [6, 6.07) is 5.32. The number of benzene rings is 1. The van der Waals surface area contributed by atoms with E-state index in [4.69, 9.17) is 14.2 Å². The number of carbonyl (C=O) groups excluding carboxylic acids is 2. The zero-order chi connectivity index (χ0) is 19.5. The molecule has 1 aromatic rings. The number of hydrogen-bond donors (Lipinski definition) is 0. The molecule has 26 heavy (non-hydrogen) atoms. The molecule has 0 saturated heterocycles. The lowest BCUT2D eigenvalue weighted by atomic mass is 10.1. The molecule has 0 fully saturated rings. The first-order chi connectivity index (χ1) is 12.3. The van der Waals surface area contributed by atoms with Gasteiger partial charge in [-0.25, -0.2) is 4.79 Å². The Kier molecular flexibility index (Phi) is 9.20. The van der Waals surface area contributed by atoms with Crippen LogP contribution in [0.25, 0.3) is 0 Å². The fourth-order valence-electron chi connectivity index (χ4n) is 2.27. The third-order valence-electron chi connectivity index (χ3n) is 3.82. The van der Waals surface area contributed by atoms with Crippen LogP contribution in [0.5, 0.6) is 5.75 Å². The van der Waals surface area contributed by atoms with Gasteiger partial charge in [0.05, 0.1) is 12.7 Å². The van der Waals surface area contributed by atoms with Crippen LogP contribution in [0.2, 0.25) is 0 Å². The molecule has 0 aliphatic heterocycles. The summed E-state index contributed by atoms with van der Waals surface area (Å²) >= 11 is 0. The van der Waals surface area contributed by atoms with Crippen LogP contribution in [0.3, 0.4) is 0 Å². The van der Waals surface area contributed by atoms with E-state index in [0.717, 1.165) is 29.7 Å². The van der Waals surface area contributed by atoms with E-state index in [0.29, 0.717) is 18.8 Å². The second kappa shape index (κ2) is 11.1. The normalized spacial score (nSPS) is 11.9. The van der Waals surface area contributed by atoms with Gasteiger partial charge in [-0.05, 0) is 69.0 Å². The molecule has 0 atom stereocenters. The van der Waals surface area contributed by atoms with Crippen molar-refractivity contribution in [3.8, 4) is 5.75 Å². The quantitative estimate of drug-likeness (QED) is 0.482. The average Bonchev–Trinajstić information content (AvgIpc) is 2.59. The Balaban J connectivity index is 2.44. The number of aryl methyl sites for hydroxylation is 1. The van der Waals surface area contributed by atoms with Gasteiger partial charge in [0.2, 0.25) is 0 Å². The number of methoxy groups -OCH3 is 1. The predicted molar refractivity (Wildman–Crippen MR) is 101 cm³/mol. The summed E-state index contributed by atoms with van der Waals surface area (Å²) < 4.78 is 15.4. The van der Waals surface area contributed by atoms with Gasteiger partial charge in [-0.15, -0.1) is 0 Å². The first-order valence-corrected chi connectivity index (χ1v) is 8.60. The van der Waals surface area contributed by atoms with E-state index < -0.39 is 0 Å². The first kappa shape index (κ1) is 21.5. The molecule has 0 bridgehead atoms. The third-order valence-corrected chi connectivity index (χ3v) is 3.82. The molecule has 5 heteroatoms. The summed E-state index contributed by atoms with van der Waals surface area (Å²) in [4.78, 5) is 22.3. The Morgan fingerprint density at radius 1 is 1.08 bits per heavy atom. The van der Waals surface area contributed by atoms with Gasteiger partial charge in [-0.3, -0.25) is 4.79 Å². The van der Waals surface area contributed by atoms with E-state index in [1.807, 2.05) is 32.9 Å². The molecule has 142 valence electrons. The Hall–Kier alpha value is -2.56. The molecule has 0 unspecified atom stereocenters. The highest BCUT2D eigenvalue weighted by Crippen LogP contribution is 2.19. The average molecular weight is 360 g/mol. The highest BCUT2D eigenvalue weighted by molar-refractivity contribution is 5.91. The predicted octanol–water partition coefficient (Wildman–Crippen LogP) is 4.40. The maximum absolute atomic E-state index is 11.6. The molecule has 5 nitrogen and oxygen atoms in total. The monoisotopic (exact) mass is 360 g/mol. The molecular weight excluding hydrogens is 332 g/mol. The molecule has 1 rings (SSSR count). The van der Waals surface area contributed by atoms with E-state index in [2.05, 4.69) is 6.08 Å². The van der Waals surface area contributed by atoms with Crippen molar-refractivity contribution in [2.75, 3.05) is 20.3 Å². The van der Waals surface area contributed by atoms with Crippen molar-refractivity contribution in [2.45, 2.75) is 40.5 Å². The zero-order valence-electron chi connectivity index (χ0n) is 16.3. The molecule has 0 aromatic heterocycles. The lowest BCUT2D eigenvalue weighted by Crippen LogP contribution is -2.05. The highest BCUT2D eigenvalue weighted by Gasteiger charge is 2.09. The summed E-state index contributed by atoms with van der Waals surface area (Å²) in [5, 5.41) is 0. The van der Waals surface area contributed by atoms with Gasteiger partial charge in [0.1, 0.15) is 19.0 Å². The maximum Gasteiger partial charge on any atom is 0.338 e. The van der Waals surface area contributed by atoms with Crippen LogP contribution in [0, 0.1) is 6.92 Å². The minimum atomic E-state index is -0.345. The molecule has 1 aromatic carbocycles. The van der Waals surface area contributed by atoms with Crippen LogP contribution >= 0.6 is 0 Å². The number of hydrogen-bond acceptors (Lipinski definition) is 5. The van der Waals surface area contributed by atoms with Gasteiger partial charge < -0.3 is 14.2 Å². The lowest BCUT2D eigenvalue weighted by Gasteiger charge is -2.10. The van der Waals surface area contributed by atoms with E-state index >= 15 is 0 Å². The van der Waals surface area contributed by atoms with Crippen LogP contribution in [-0.2, 0) is 14.3 Å². The lowest BCUT2D eigenvalue weighted by molar-refractivity contribution is -0.139. The van der Waals surface area contributed by atoms with E-state index in [1.54, 1.807) is 12.1 Å². The SMILES string of the molecule is COC(=O)c1ccc(OC/C(C)=C/CC/C(C)=C/COC(C)=O)cc1C. The second-order valence-electron chi connectivity index (χ2n) is 6.20. The molecule has 0 radical (unpaired) electrons. The number of allylic oxidation sites excluding steroid dienone is 2. The van der Waals surface area contributed by atoms with E-state index in [1.165, 1.54) is 19.6 Å². The van der Waals surface area contributed by atoms with E-state index in [-0.39, 0.29) is 11.9 Å². The molecule has 0 spiro atoms. The van der Waals surface area contributed by atoms with Gasteiger partial charge in [-0.2, -0.15) is 0 Å². The first-order valence-electron chi connectivity index (χ1n) is 8.60. The maximum atomic E-state index is 11.6. The molecule has 0 amide bonds. The van der Waals surface area contributed by atoms with Gasteiger partial charge in [0, 0.05) is 6.92 Å². The second-order valence-corrected chi connectivity index (χ2v) is 6.20. The Bertz CT molecular complexity index is 686. The van der Waals surface area contributed by atoms with Crippen LogP contribution in [0.4, 0.5) is 0 Å². The van der Waals surface area contributed by atoms with Gasteiger partial charge in [0.25, 0.3) is 0 Å². The van der Waals surface area contributed by atoms with E-state index in [9.17, 15) is 9.59 Å². The van der Waals surface area contributed by atoms with Crippen molar-refractivity contribution < 1.29 is 23.8 Å². The summed E-state index contributed by atoms with van der Waals surface area (Å²) in [5.41, 5.74) is 3.69. The molecule has 0 heterocycles. The number of ether oxygens (including phenoxy) is 3. The topological polar surface area (TPSA) is 61.8 Å². The molecule has 0 saturated carbocycles. The number of esters is 2. The minimum Gasteiger partial charge on any atom is -0.489 e. The zero-order valence-corrected chi connectivity index (χ0v) is 16.3. The molecule has 0 N–H and O–H groups in total. The minimum absolute atomic E-state index is 0.267. The van der Waals surface area contributed by atoms with Crippen molar-refractivity contribution in [1.29, 1.82) is 0 Å². The smallest absolute Gasteiger partial charge is 0.338 e. The van der Waals surface area contributed by atoms with Crippen LogP contribution in [0.15, 0.2) is 41.5 Å². The number of rotatable bonds is 9. The fraction of sp³-hybridized carbons (Fsp3) is 0.429. The Labute approximate surface area is 155 Å². The van der Waals surface area contributed by atoms with Crippen molar-refractivity contribution >= 4 is 11.9 Å². The van der Waals surface area contributed by atoms with Crippen molar-refractivity contribution in [1.82, 2.24) is 0 Å². The van der Waals surface area contributed by atoms with Crippen molar-refractivity contribution in [2.24, 2.45) is 0 Å². The fourth-order valence-corrected chi connectivity index (χ4v) is 2.27. The largest absolute Gasteiger partial charge is 0.489 e. The highest BCUT2D eigenvalue weighted by atomic mass is 16.5. The Morgan fingerprint density at radius 3 is 2.42 bits per heavy atom. The van der Waals surface area contributed by atoms with Gasteiger partial charge in [0.15, 0.2) is 0 Å². The van der Waals surface area contributed by atoms with Crippen LogP contribution in [-0.4, -0.2) is 32.3 Å². The van der Waals surface area contributed by atoms with Crippen LogP contribution in [0.1, 0.15) is 49.5 Å². The standard InChI is InChI=1S/C21H28O5/c1-15(11-12-25-18(4)22)7-6-8-16(2)14-26-19-9-10-20(17(3)13-19)21(23)24-5/h8-11,13H,6-7,12,14H2,1-5H3/b15-11+,16-8+. The molecule has 0 aliphatic rings. The summed E-state index contributed by atoms with van der Waals surface area (Å²) in [6.45, 7) is 8.12. The van der Waals surface area contributed by atoms with Crippen molar-refractivity contribution in [3.63, 3.8) is 0 Å². The summed E-state index contributed by atoms with van der Waals surface area (Å²) in [7, 11) is 1.37. The molecular formula is C21H28O5. The van der Waals surface area contributed by atoms with Crippen LogP contribution < -0.4 is 4.74 Å². The van der Waals surface area contributed by atoms with Gasteiger partial charge in [-0.1, -0.05) is 11.6 Å².